The van der Waals surface area contributed by atoms with Crippen LogP contribution in [0.2, 0.25) is 5.02 Å². The number of anilines is 1. The number of carbonyl (C=O) groups is 1. The molecule has 126 valence electrons. The van der Waals surface area contributed by atoms with Crippen molar-refractivity contribution in [3.63, 3.8) is 0 Å². The van der Waals surface area contributed by atoms with Crippen LogP contribution in [-0.2, 0) is 14.8 Å². The minimum Gasteiger partial charge on any atom is -0.311 e. The summed E-state index contributed by atoms with van der Waals surface area (Å²) in [6.07, 6.45) is 0.336. The van der Waals surface area contributed by atoms with Gasteiger partial charge in [0.1, 0.15) is 11.9 Å². The van der Waals surface area contributed by atoms with E-state index in [4.69, 9.17) is 11.6 Å². The number of amides is 1. The van der Waals surface area contributed by atoms with Crippen LogP contribution < -0.4 is 9.62 Å². The molecule has 3 rings (SSSR count). The molecule has 2 aromatic rings. The molecule has 0 bridgehead atoms. The molecule has 1 amide bonds. The number of benzene rings is 2. The van der Waals surface area contributed by atoms with Gasteiger partial charge in [-0.2, -0.15) is 4.72 Å². The molecule has 1 N–H and O–H groups in total. The molecule has 24 heavy (non-hydrogen) atoms. The maximum Gasteiger partial charge on any atom is 0.245 e. The molecule has 1 saturated heterocycles. The highest BCUT2D eigenvalue weighted by Gasteiger charge is 2.35. The van der Waals surface area contributed by atoms with Crippen molar-refractivity contribution in [2.45, 2.75) is 17.4 Å². The SMILES string of the molecule is O=C1[C@H](NS(=O)(=O)c2ccc(Cl)cc2)CCN1c1ccc(F)cc1. The molecule has 5 nitrogen and oxygen atoms in total. The van der Waals surface area contributed by atoms with Crippen LogP contribution in [-0.4, -0.2) is 26.9 Å². The van der Waals surface area contributed by atoms with Crippen LogP contribution >= 0.6 is 11.6 Å². The van der Waals surface area contributed by atoms with E-state index in [0.29, 0.717) is 23.7 Å². The Morgan fingerprint density at radius 2 is 1.71 bits per heavy atom. The topological polar surface area (TPSA) is 66.5 Å². The van der Waals surface area contributed by atoms with Gasteiger partial charge in [0.05, 0.1) is 4.90 Å². The standard InChI is InChI=1S/C16H14ClFN2O3S/c17-11-1-7-14(8-2-11)24(22,23)19-15-9-10-20(16(15)21)13-5-3-12(18)4-6-13/h1-8,15,19H,9-10H2/t15-/m1/s1. The molecule has 0 radical (unpaired) electrons. The van der Waals surface area contributed by atoms with E-state index in [9.17, 15) is 17.6 Å². The molecule has 8 heteroatoms. The average molecular weight is 369 g/mol. The lowest BCUT2D eigenvalue weighted by Crippen LogP contribution is -2.41. The predicted octanol–water partition coefficient (Wildman–Crippen LogP) is 2.56. The summed E-state index contributed by atoms with van der Waals surface area (Å²) in [4.78, 5) is 13.9. The summed E-state index contributed by atoms with van der Waals surface area (Å²) in [5.41, 5.74) is 0.537. The van der Waals surface area contributed by atoms with Crippen molar-refractivity contribution < 1.29 is 17.6 Å². The second-order valence-electron chi connectivity index (χ2n) is 5.38. The minimum atomic E-state index is -3.82. The van der Waals surface area contributed by atoms with Crippen molar-refractivity contribution >= 4 is 33.2 Å². The molecule has 1 fully saturated rings. The smallest absolute Gasteiger partial charge is 0.245 e. The number of carbonyl (C=O) groups excluding carboxylic acids is 1. The van der Waals surface area contributed by atoms with E-state index in [1.54, 1.807) is 0 Å². The summed E-state index contributed by atoms with van der Waals surface area (Å²) in [6.45, 7) is 0.359. The fourth-order valence-electron chi connectivity index (χ4n) is 2.54. The molecule has 2 aromatic carbocycles. The summed E-state index contributed by atoms with van der Waals surface area (Å²) < 4.78 is 40.1. The van der Waals surface area contributed by atoms with Crippen LogP contribution in [0, 0.1) is 5.82 Å². The summed E-state index contributed by atoms with van der Waals surface area (Å²) in [5.74, 6) is -0.760. The van der Waals surface area contributed by atoms with Gasteiger partial charge in [-0.1, -0.05) is 11.6 Å². The number of nitrogens with one attached hydrogen (secondary N) is 1. The van der Waals surface area contributed by atoms with Crippen LogP contribution in [0.25, 0.3) is 0 Å². The Balaban J connectivity index is 1.76. The summed E-state index contributed by atoms with van der Waals surface area (Å²) in [7, 11) is -3.82. The Morgan fingerprint density at radius 3 is 2.33 bits per heavy atom. The van der Waals surface area contributed by atoms with Crippen LogP contribution in [0.1, 0.15) is 6.42 Å². The first kappa shape index (κ1) is 16.9. The zero-order chi connectivity index (χ0) is 17.3. The molecule has 0 spiro atoms. The van der Waals surface area contributed by atoms with Crippen molar-refractivity contribution in [3.05, 3.63) is 59.4 Å². The van der Waals surface area contributed by atoms with E-state index >= 15 is 0 Å². The van der Waals surface area contributed by atoms with Crippen LogP contribution in [0.5, 0.6) is 0 Å². The zero-order valence-electron chi connectivity index (χ0n) is 12.4. The maximum atomic E-state index is 13.0. The van der Waals surface area contributed by atoms with Gasteiger partial charge < -0.3 is 4.90 Å². The number of rotatable bonds is 4. The second kappa shape index (κ2) is 6.51. The van der Waals surface area contributed by atoms with Crippen LogP contribution in [0.15, 0.2) is 53.4 Å². The van der Waals surface area contributed by atoms with E-state index in [0.717, 1.165) is 0 Å². The van der Waals surface area contributed by atoms with Crippen LogP contribution in [0.3, 0.4) is 0 Å². The lowest BCUT2D eigenvalue weighted by molar-refractivity contribution is -0.118. The number of sulfonamides is 1. The van der Waals surface area contributed by atoms with Gasteiger partial charge in [0.15, 0.2) is 0 Å². The first-order chi connectivity index (χ1) is 11.4. The highest BCUT2D eigenvalue weighted by Crippen LogP contribution is 2.23. The molecule has 0 aliphatic carbocycles. The molecule has 0 unspecified atom stereocenters. The van der Waals surface area contributed by atoms with Gasteiger partial charge in [-0.25, -0.2) is 12.8 Å². The first-order valence-corrected chi connectivity index (χ1v) is 9.08. The largest absolute Gasteiger partial charge is 0.311 e. The van der Waals surface area contributed by atoms with Gasteiger partial charge in [0.25, 0.3) is 0 Å². The number of nitrogens with zero attached hydrogens (tertiary/aromatic N) is 1. The predicted molar refractivity (Wildman–Crippen MR) is 88.9 cm³/mol. The molecular weight excluding hydrogens is 355 g/mol. The lowest BCUT2D eigenvalue weighted by atomic mass is 10.3. The fourth-order valence-corrected chi connectivity index (χ4v) is 3.89. The Bertz CT molecular complexity index is 854. The highest BCUT2D eigenvalue weighted by molar-refractivity contribution is 7.89. The van der Waals surface area contributed by atoms with Gasteiger partial charge in [0.2, 0.25) is 15.9 Å². The zero-order valence-corrected chi connectivity index (χ0v) is 14.0. The Morgan fingerprint density at radius 1 is 1.08 bits per heavy atom. The van der Waals surface area contributed by atoms with Gasteiger partial charge >= 0.3 is 0 Å². The third-order valence-corrected chi connectivity index (χ3v) is 5.50. The minimum absolute atomic E-state index is 0.0416. The summed E-state index contributed by atoms with van der Waals surface area (Å²) >= 11 is 5.75. The monoisotopic (exact) mass is 368 g/mol. The van der Waals surface area contributed by atoms with Crippen molar-refractivity contribution in [1.82, 2.24) is 4.72 Å². The van der Waals surface area contributed by atoms with E-state index in [-0.39, 0.29) is 10.8 Å². The normalized spacial score (nSPS) is 18.2. The van der Waals surface area contributed by atoms with E-state index in [2.05, 4.69) is 4.72 Å². The Kier molecular flexibility index (Phi) is 4.58. The van der Waals surface area contributed by atoms with Crippen molar-refractivity contribution in [2.75, 3.05) is 11.4 Å². The quantitative estimate of drug-likeness (QED) is 0.902. The first-order valence-electron chi connectivity index (χ1n) is 7.22. The lowest BCUT2D eigenvalue weighted by Gasteiger charge is -2.17. The Hall–Kier alpha value is -1.96. The van der Waals surface area contributed by atoms with Gasteiger partial charge in [-0.15, -0.1) is 0 Å². The van der Waals surface area contributed by atoms with E-state index in [1.165, 1.54) is 53.4 Å². The maximum absolute atomic E-state index is 13.0. The van der Waals surface area contributed by atoms with Crippen molar-refractivity contribution in [2.24, 2.45) is 0 Å². The molecular formula is C16H14ClFN2O3S. The summed E-state index contributed by atoms with van der Waals surface area (Å²) in [6, 6.07) is 10.3. The molecule has 0 aromatic heterocycles. The van der Waals surface area contributed by atoms with E-state index < -0.39 is 21.9 Å². The van der Waals surface area contributed by atoms with Crippen molar-refractivity contribution in [1.29, 1.82) is 0 Å². The average Bonchev–Trinajstić information content (AvgIpc) is 2.89. The highest BCUT2D eigenvalue weighted by atomic mass is 35.5. The molecule has 1 aliphatic heterocycles. The number of hydrogen-bond acceptors (Lipinski definition) is 3. The summed E-state index contributed by atoms with van der Waals surface area (Å²) in [5, 5.41) is 0.424. The van der Waals surface area contributed by atoms with Gasteiger partial charge in [-0.3, -0.25) is 4.79 Å². The van der Waals surface area contributed by atoms with Gasteiger partial charge in [0, 0.05) is 17.3 Å². The molecule has 1 aliphatic rings. The third-order valence-electron chi connectivity index (χ3n) is 3.77. The Labute approximate surface area is 144 Å². The molecule has 1 atom stereocenters. The van der Waals surface area contributed by atoms with Crippen LogP contribution in [0.4, 0.5) is 10.1 Å². The number of halogens is 2. The second-order valence-corrected chi connectivity index (χ2v) is 7.53. The third kappa shape index (κ3) is 3.43. The van der Waals surface area contributed by atoms with E-state index in [1.807, 2.05) is 0 Å². The fraction of sp³-hybridized carbons (Fsp3) is 0.188. The van der Waals surface area contributed by atoms with Crippen molar-refractivity contribution in [3.8, 4) is 0 Å². The van der Waals surface area contributed by atoms with Gasteiger partial charge in [-0.05, 0) is 55.0 Å². The number of hydrogen-bond donors (Lipinski definition) is 1. The molecule has 1 heterocycles. The molecule has 0 saturated carbocycles.